The standard InChI is InChI=1S/C21H24N2O4/c1-26-19-18(8-5-11-22-19)21(25)12-16-9-10-17(13-21)23(16)20(24)27-14-15-6-3-2-4-7-15/h2-8,11,16-17,25H,9-10,12-14H2,1H3. The normalized spacial score (nSPS) is 26.7. The van der Waals surface area contributed by atoms with Gasteiger partial charge in [0.1, 0.15) is 6.61 Å². The molecule has 2 bridgehead atoms. The Bertz CT molecular complexity index is 797. The minimum absolute atomic E-state index is 0.0399. The number of rotatable bonds is 4. The van der Waals surface area contributed by atoms with Gasteiger partial charge in [-0.3, -0.25) is 0 Å². The summed E-state index contributed by atoms with van der Waals surface area (Å²) in [5.41, 5.74) is 0.621. The number of hydrogen-bond acceptors (Lipinski definition) is 5. The van der Waals surface area contributed by atoms with Crippen LogP contribution in [0.4, 0.5) is 4.79 Å². The van der Waals surface area contributed by atoms with Gasteiger partial charge in [-0.25, -0.2) is 9.78 Å². The van der Waals surface area contributed by atoms with Crippen LogP contribution in [0.1, 0.15) is 36.8 Å². The summed E-state index contributed by atoms with van der Waals surface area (Å²) in [5, 5.41) is 11.3. The summed E-state index contributed by atoms with van der Waals surface area (Å²) >= 11 is 0. The number of aromatic nitrogens is 1. The first kappa shape index (κ1) is 17.8. The Morgan fingerprint density at radius 2 is 1.89 bits per heavy atom. The highest BCUT2D eigenvalue weighted by Crippen LogP contribution is 2.47. The SMILES string of the molecule is COc1ncccc1C1(O)CC2CCC(C1)N2C(=O)OCc1ccccc1. The smallest absolute Gasteiger partial charge is 0.410 e. The van der Waals surface area contributed by atoms with Crippen LogP contribution in [0.15, 0.2) is 48.7 Å². The van der Waals surface area contributed by atoms with E-state index in [-0.39, 0.29) is 24.8 Å². The number of carbonyl (C=O) groups excluding carboxylic acids is 1. The molecule has 2 unspecified atom stereocenters. The highest BCUT2D eigenvalue weighted by molar-refractivity contribution is 5.69. The molecule has 0 aliphatic carbocycles. The zero-order valence-electron chi connectivity index (χ0n) is 15.4. The van der Waals surface area contributed by atoms with E-state index in [0.29, 0.717) is 24.3 Å². The van der Waals surface area contributed by atoms with E-state index in [0.717, 1.165) is 18.4 Å². The van der Waals surface area contributed by atoms with Gasteiger partial charge >= 0.3 is 6.09 Å². The summed E-state index contributed by atoms with van der Waals surface area (Å²) in [4.78, 5) is 18.7. The van der Waals surface area contributed by atoms with Crippen molar-refractivity contribution in [3.8, 4) is 5.88 Å². The molecule has 3 heterocycles. The van der Waals surface area contributed by atoms with Gasteiger partial charge in [-0.1, -0.05) is 30.3 Å². The van der Waals surface area contributed by atoms with E-state index < -0.39 is 5.60 Å². The first-order valence-corrected chi connectivity index (χ1v) is 9.31. The van der Waals surface area contributed by atoms with Crippen molar-refractivity contribution in [2.24, 2.45) is 0 Å². The summed E-state index contributed by atoms with van der Waals surface area (Å²) in [5.74, 6) is 0.444. The summed E-state index contributed by atoms with van der Waals surface area (Å²) in [7, 11) is 1.56. The number of ether oxygens (including phenoxy) is 2. The van der Waals surface area contributed by atoms with Crippen molar-refractivity contribution in [1.29, 1.82) is 0 Å². The predicted molar refractivity (Wildman–Crippen MR) is 99.2 cm³/mol. The van der Waals surface area contributed by atoms with E-state index in [2.05, 4.69) is 4.98 Å². The van der Waals surface area contributed by atoms with Crippen LogP contribution in [-0.4, -0.2) is 40.3 Å². The Labute approximate surface area is 158 Å². The molecular weight excluding hydrogens is 344 g/mol. The molecule has 0 radical (unpaired) electrons. The fraction of sp³-hybridized carbons (Fsp3) is 0.429. The van der Waals surface area contributed by atoms with Gasteiger partial charge in [0.25, 0.3) is 0 Å². The van der Waals surface area contributed by atoms with Gasteiger partial charge < -0.3 is 19.5 Å². The van der Waals surface area contributed by atoms with Crippen LogP contribution in [0.3, 0.4) is 0 Å². The summed E-state index contributed by atoms with van der Waals surface area (Å²) in [6.07, 6.45) is 4.02. The Kier molecular flexibility index (Phi) is 4.74. The molecule has 0 saturated carbocycles. The zero-order chi connectivity index (χ0) is 18.9. The lowest BCUT2D eigenvalue weighted by molar-refractivity contribution is -0.0551. The lowest BCUT2D eigenvalue weighted by atomic mass is 9.81. The second-order valence-electron chi connectivity index (χ2n) is 7.33. The summed E-state index contributed by atoms with van der Waals surface area (Å²) < 4.78 is 10.9. The molecule has 0 spiro atoms. The Hall–Kier alpha value is -2.60. The Morgan fingerprint density at radius 1 is 1.19 bits per heavy atom. The van der Waals surface area contributed by atoms with E-state index in [1.54, 1.807) is 19.4 Å². The van der Waals surface area contributed by atoms with E-state index in [1.807, 2.05) is 41.3 Å². The molecule has 6 heteroatoms. The number of hydrogen-bond donors (Lipinski definition) is 1. The van der Waals surface area contributed by atoms with Crippen molar-refractivity contribution in [2.45, 2.75) is 50.0 Å². The minimum atomic E-state index is -1.04. The van der Waals surface area contributed by atoms with Crippen LogP contribution < -0.4 is 4.74 Å². The minimum Gasteiger partial charge on any atom is -0.481 e. The fourth-order valence-corrected chi connectivity index (χ4v) is 4.44. The third-order valence-electron chi connectivity index (χ3n) is 5.65. The summed E-state index contributed by atoms with van der Waals surface area (Å²) in [6.45, 7) is 0.260. The van der Waals surface area contributed by atoms with Gasteiger partial charge in [0.2, 0.25) is 5.88 Å². The van der Waals surface area contributed by atoms with Crippen LogP contribution in [0.2, 0.25) is 0 Å². The van der Waals surface area contributed by atoms with Gasteiger partial charge in [0, 0.05) is 36.7 Å². The number of nitrogens with zero attached hydrogens (tertiary/aromatic N) is 2. The molecule has 2 saturated heterocycles. The fourth-order valence-electron chi connectivity index (χ4n) is 4.44. The molecule has 2 aliphatic rings. The molecule has 142 valence electrons. The molecular formula is C21H24N2O4. The Morgan fingerprint density at radius 3 is 2.56 bits per heavy atom. The number of amides is 1. The highest BCUT2D eigenvalue weighted by atomic mass is 16.6. The molecule has 2 aromatic rings. The topological polar surface area (TPSA) is 71.9 Å². The van der Waals surface area contributed by atoms with Gasteiger partial charge in [-0.2, -0.15) is 0 Å². The van der Waals surface area contributed by atoms with Gasteiger partial charge in [-0.05, 0) is 30.5 Å². The maximum atomic E-state index is 12.7. The number of pyridine rings is 1. The number of fused-ring (bicyclic) bond motifs is 2. The average molecular weight is 368 g/mol. The van der Waals surface area contributed by atoms with Gasteiger partial charge in [0.05, 0.1) is 12.7 Å². The van der Waals surface area contributed by atoms with Crippen molar-refractivity contribution in [3.63, 3.8) is 0 Å². The lowest BCUT2D eigenvalue weighted by Gasteiger charge is -2.43. The van der Waals surface area contributed by atoms with Crippen molar-refractivity contribution >= 4 is 6.09 Å². The average Bonchev–Trinajstić information content (AvgIpc) is 2.99. The number of carbonyl (C=O) groups is 1. The molecule has 2 fully saturated rings. The van der Waals surface area contributed by atoms with Crippen molar-refractivity contribution in [3.05, 3.63) is 59.8 Å². The summed E-state index contributed by atoms with van der Waals surface area (Å²) in [6, 6.07) is 13.2. The molecule has 2 aliphatic heterocycles. The van der Waals surface area contributed by atoms with E-state index >= 15 is 0 Å². The van der Waals surface area contributed by atoms with Crippen LogP contribution in [0.5, 0.6) is 5.88 Å². The molecule has 27 heavy (non-hydrogen) atoms. The number of aliphatic hydroxyl groups is 1. The van der Waals surface area contributed by atoms with E-state index in [9.17, 15) is 9.90 Å². The molecule has 1 amide bonds. The monoisotopic (exact) mass is 368 g/mol. The molecule has 1 aromatic heterocycles. The zero-order valence-corrected chi connectivity index (χ0v) is 15.4. The molecule has 1 aromatic carbocycles. The van der Waals surface area contributed by atoms with Crippen molar-refractivity contribution in [1.82, 2.24) is 9.88 Å². The number of piperidine rings is 1. The molecule has 4 rings (SSSR count). The van der Waals surface area contributed by atoms with Gasteiger partial charge in [-0.15, -0.1) is 0 Å². The predicted octanol–water partition coefficient (Wildman–Crippen LogP) is 3.24. The largest absolute Gasteiger partial charge is 0.481 e. The van der Waals surface area contributed by atoms with Crippen LogP contribution in [0, 0.1) is 0 Å². The lowest BCUT2D eigenvalue weighted by Crippen LogP contribution is -2.52. The third kappa shape index (κ3) is 3.37. The van der Waals surface area contributed by atoms with Crippen LogP contribution in [0.25, 0.3) is 0 Å². The van der Waals surface area contributed by atoms with Crippen molar-refractivity contribution in [2.75, 3.05) is 7.11 Å². The third-order valence-corrected chi connectivity index (χ3v) is 5.65. The molecule has 2 atom stereocenters. The number of methoxy groups -OCH3 is 1. The quantitative estimate of drug-likeness (QED) is 0.897. The van der Waals surface area contributed by atoms with E-state index in [4.69, 9.17) is 9.47 Å². The Balaban J connectivity index is 1.48. The first-order chi connectivity index (χ1) is 13.1. The highest BCUT2D eigenvalue weighted by Gasteiger charge is 2.51. The van der Waals surface area contributed by atoms with E-state index in [1.165, 1.54) is 0 Å². The van der Waals surface area contributed by atoms with Crippen LogP contribution >= 0.6 is 0 Å². The molecule has 6 nitrogen and oxygen atoms in total. The number of benzene rings is 1. The van der Waals surface area contributed by atoms with Gasteiger partial charge in [0.15, 0.2) is 0 Å². The van der Waals surface area contributed by atoms with Crippen molar-refractivity contribution < 1.29 is 19.4 Å². The second-order valence-corrected chi connectivity index (χ2v) is 7.33. The maximum Gasteiger partial charge on any atom is 0.410 e. The maximum absolute atomic E-state index is 12.7. The molecule has 1 N–H and O–H groups in total. The second kappa shape index (κ2) is 7.19. The first-order valence-electron chi connectivity index (χ1n) is 9.31. The van der Waals surface area contributed by atoms with Crippen LogP contribution in [-0.2, 0) is 16.9 Å².